The van der Waals surface area contributed by atoms with Crippen molar-refractivity contribution in [2.45, 2.75) is 19.9 Å². The third-order valence-electron chi connectivity index (χ3n) is 1.40. The maximum Gasteiger partial charge on any atom is 0.176 e. The first kappa shape index (κ1) is 9.00. The quantitative estimate of drug-likeness (QED) is 0.588. The summed E-state index contributed by atoms with van der Waals surface area (Å²) in [5.74, 6) is 0. The molecule has 62 valence electrons. The second kappa shape index (κ2) is 3.54. The van der Waals surface area contributed by atoms with Crippen LogP contribution >= 0.6 is 23.7 Å². The van der Waals surface area contributed by atoms with Gasteiger partial charge in [0.25, 0.3) is 0 Å². The molecule has 1 aliphatic heterocycles. The number of thioether (sulfide) groups is 1. The van der Waals surface area contributed by atoms with Crippen LogP contribution in [0.2, 0.25) is 0 Å². The average Bonchev–Trinajstić information content (AvgIpc) is 2.30. The van der Waals surface area contributed by atoms with E-state index in [2.05, 4.69) is 29.7 Å². The molecule has 1 rings (SSSR count). The van der Waals surface area contributed by atoms with Gasteiger partial charge in [-0.15, -0.1) is 0 Å². The molecule has 2 nitrogen and oxygen atoms in total. The van der Waals surface area contributed by atoms with Crippen LogP contribution in [0.15, 0.2) is 16.0 Å². The Morgan fingerprint density at radius 2 is 2.27 bits per heavy atom. The van der Waals surface area contributed by atoms with Gasteiger partial charge in [0.2, 0.25) is 0 Å². The second-order valence-electron chi connectivity index (χ2n) is 2.53. The zero-order valence-corrected chi connectivity index (χ0v) is 8.63. The predicted octanol–water partition coefficient (Wildman–Crippen LogP) is 2.55. The van der Waals surface area contributed by atoms with E-state index in [1.165, 1.54) is 11.9 Å². The van der Waals surface area contributed by atoms with Gasteiger partial charge < -0.3 is 4.90 Å². The standard InChI is InChI=1S/C7H12N2S2/c1-5(2)9-6(3)11-8-7(9)10-4/h5H,3H2,1-2,4H3. The molecule has 0 aromatic carbocycles. The lowest BCUT2D eigenvalue weighted by Gasteiger charge is -2.23. The molecule has 0 bridgehead atoms. The first-order valence-corrected chi connectivity index (χ1v) is 5.43. The van der Waals surface area contributed by atoms with Crippen LogP contribution in [0.1, 0.15) is 13.8 Å². The molecule has 0 fully saturated rings. The summed E-state index contributed by atoms with van der Waals surface area (Å²) in [5, 5.41) is 2.10. The lowest BCUT2D eigenvalue weighted by molar-refractivity contribution is 0.464. The molecule has 0 atom stereocenters. The molecule has 0 spiro atoms. The Balaban J connectivity index is 2.74. The van der Waals surface area contributed by atoms with Gasteiger partial charge in [-0.05, 0) is 20.1 Å². The highest BCUT2D eigenvalue weighted by molar-refractivity contribution is 8.15. The van der Waals surface area contributed by atoms with Gasteiger partial charge in [0.15, 0.2) is 5.17 Å². The summed E-state index contributed by atoms with van der Waals surface area (Å²) in [6, 6.07) is 0.462. The Labute approximate surface area is 76.3 Å². The molecule has 0 aliphatic carbocycles. The Bertz CT molecular complexity index is 199. The first-order chi connectivity index (χ1) is 5.16. The number of nitrogens with zero attached hydrogens (tertiary/aromatic N) is 2. The van der Waals surface area contributed by atoms with Crippen LogP contribution in [0.4, 0.5) is 0 Å². The Morgan fingerprint density at radius 1 is 1.64 bits per heavy atom. The number of rotatable bonds is 1. The van der Waals surface area contributed by atoms with Crippen LogP contribution in [0.5, 0.6) is 0 Å². The van der Waals surface area contributed by atoms with E-state index in [0.717, 1.165) is 10.2 Å². The van der Waals surface area contributed by atoms with Crippen LogP contribution in [0.25, 0.3) is 0 Å². The van der Waals surface area contributed by atoms with Crippen molar-refractivity contribution in [2.75, 3.05) is 6.26 Å². The van der Waals surface area contributed by atoms with Crippen molar-refractivity contribution in [3.8, 4) is 0 Å². The fourth-order valence-corrected chi connectivity index (χ4v) is 2.57. The van der Waals surface area contributed by atoms with E-state index in [1.807, 2.05) is 6.26 Å². The Kier molecular flexibility index (Phi) is 2.90. The lowest BCUT2D eigenvalue weighted by Crippen LogP contribution is -2.29. The molecule has 1 aliphatic rings. The molecule has 0 amide bonds. The van der Waals surface area contributed by atoms with Crippen LogP contribution in [0, 0.1) is 0 Å². The van der Waals surface area contributed by atoms with E-state index in [9.17, 15) is 0 Å². The molecule has 0 aromatic heterocycles. The monoisotopic (exact) mass is 188 g/mol. The maximum atomic E-state index is 4.26. The summed E-state index contributed by atoms with van der Waals surface area (Å²) in [6.07, 6.45) is 2.04. The number of hydrogen-bond acceptors (Lipinski definition) is 4. The molecule has 0 aromatic rings. The van der Waals surface area contributed by atoms with Crippen molar-refractivity contribution in [3.63, 3.8) is 0 Å². The minimum Gasteiger partial charge on any atom is -0.311 e. The van der Waals surface area contributed by atoms with Crippen LogP contribution in [0.3, 0.4) is 0 Å². The lowest BCUT2D eigenvalue weighted by atomic mass is 10.4. The Morgan fingerprint density at radius 3 is 2.64 bits per heavy atom. The molecular formula is C7H12N2S2. The molecule has 0 saturated heterocycles. The average molecular weight is 188 g/mol. The molecule has 11 heavy (non-hydrogen) atoms. The van der Waals surface area contributed by atoms with Crippen LogP contribution in [-0.2, 0) is 0 Å². The van der Waals surface area contributed by atoms with Crippen molar-refractivity contribution in [1.82, 2.24) is 4.90 Å². The third kappa shape index (κ3) is 1.73. The highest BCUT2D eigenvalue weighted by atomic mass is 32.2. The van der Waals surface area contributed by atoms with Crippen LogP contribution < -0.4 is 0 Å². The van der Waals surface area contributed by atoms with Gasteiger partial charge in [-0.25, -0.2) is 0 Å². The van der Waals surface area contributed by atoms with E-state index >= 15 is 0 Å². The first-order valence-electron chi connectivity index (χ1n) is 3.44. The van der Waals surface area contributed by atoms with Gasteiger partial charge >= 0.3 is 0 Å². The zero-order chi connectivity index (χ0) is 8.43. The van der Waals surface area contributed by atoms with Crippen molar-refractivity contribution < 1.29 is 0 Å². The molecule has 1 heterocycles. The second-order valence-corrected chi connectivity index (χ2v) is 4.14. The van der Waals surface area contributed by atoms with Crippen molar-refractivity contribution >= 4 is 28.9 Å². The van der Waals surface area contributed by atoms with Gasteiger partial charge in [-0.1, -0.05) is 18.3 Å². The number of hydrogen-bond donors (Lipinski definition) is 0. The Hall–Kier alpha value is -0.0900. The van der Waals surface area contributed by atoms with Crippen molar-refractivity contribution in [2.24, 2.45) is 4.40 Å². The molecule has 0 saturated carbocycles. The topological polar surface area (TPSA) is 15.6 Å². The zero-order valence-electron chi connectivity index (χ0n) is 7.00. The van der Waals surface area contributed by atoms with E-state index < -0.39 is 0 Å². The minimum absolute atomic E-state index is 0.462. The normalized spacial score (nSPS) is 18.0. The van der Waals surface area contributed by atoms with Crippen molar-refractivity contribution in [3.05, 3.63) is 11.6 Å². The van der Waals surface area contributed by atoms with E-state index in [-0.39, 0.29) is 0 Å². The summed E-state index contributed by atoms with van der Waals surface area (Å²) in [4.78, 5) is 2.15. The largest absolute Gasteiger partial charge is 0.311 e. The maximum absolute atomic E-state index is 4.26. The van der Waals surface area contributed by atoms with E-state index in [4.69, 9.17) is 0 Å². The summed E-state index contributed by atoms with van der Waals surface area (Å²) in [7, 11) is 0. The van der Waals surface area contributed by atoms with Gasteiger partial charge in [0, 0.05) is 18.0 Å². The fraction of sp³-hybridized carbons (Fsp3) is 0.571. The van der Waals surface area contributed by atoms with Gasteiger partial charge in [-0.2, -0.15) is 4.40 Å². The van der Waals surface area contributed by atoms with E-state index in [1.54, 1.807) is 11.8 Å². The summed E-state index contributed by atoms with van der Waals surface area (Å²) >= 11 is 3.13. The molecule has 0 radical (unpaired) electrons. The third-order valence-corrected chi connectivity index (χ3v) is 2.84. The van der Waals surface area contributed by atoms with Gasteiger partial charge in [0.1, 0.15) is 0 Å². The molecule has 0 unspecified atom stereocenters. The SMILES string of the molecule is C=C1SN=C(SC)N1C(C)C. The predicted molar refractivity (Wildman–Crippen MR) is 54.7 cm³/mol. The van der Waals surface area contributed by atoms with Gasteiger partial charge in [-0.3, -0.25) is 0 Å². The summed E-state index contributed by atoms with van der Waals surface area (Å²) in [5.41, 5.74) is 0. The fourth-order valence-electron chi connectivity index (χ4n) is 0.931. The number of amidine groups is 1. The summed E-state index contributed by atoms with van der Waals surface area (Å²) < 4.78 is 4.26. The van der Waals surface area contributed by atoms with Gasteiger partial charge in [0.05, 0.1) is 5.03 Å². The molecule has 4 heteroatoms. The summed E-state index contributed by atoms with van der Waals surface area (Å²) in [6.45, 7) is 8.20. The highest BCUT2D eigenvalue weighted by Crippen LogP contribution is 2.32. The highest BCUT2D eigenvalue weighted by Gasteiger charge is 2.23. The smallest absolute Gasteiger partial charge is 0.176 e. The van der Waals surface area contributed by atoms with Crippen molar-refractivity contribution in [1.29, 1.82) is 0 Å². The molecule has 0 N–H and O–H groups in total. The van der Waals surface area contributed by atoms with E-state index in [0.29, 0.717) is 6.04 Å². The van der Waals surface area contributed by atoms with Crippen LogP contribution in [-0.4, -0.2) is 22.4 Å². The minimum atomic E-state index is 0.462. The molecular weight excluding hydrogens is 176 g/mol.